The third-order valence-corrected chi connectivity index (χ3v) is 3.46. The SMILES string of the molecule is CC(=NNC(=O)c1cccnc1)C1=C(O)CC(C)(C)CC1=O. The van der Waals surface area contributed by atoms with Crippen LogP contribution in [0.1, 0.15) is 44.0 Å². The Bertz CT molecular complexity index is 660. The van der Waals surface area contributed by atoms with Crippen molar-refractivity contribution in [3.63, 3.8) is 0 Å². The predicted octanol–water partition coefficient (Wildman–Crippen LogP) is 2.39. The van der Waals surface area contributed by atoms with E-state index in [-0.39, 0.29) is 22.5 Å². The Morgan fingerprint density at radius 1 is 1.41 bits per heavy atom. The van der Waals surface area contributed by atoms with Gasteiger partial charge in [-0.25, -0.2) is 5.43 Å². The van der Waals surface area contributed by atoms with Crippen molar-refractivity contribution in [2.24, 2.45) is 10.5 Å². The molecule has 0 aromatic carbocycles. The summed E-state index contributed by atoms with van der Waals surface area (Å²) in [4.78, 5) is 27.9. The minimum atomic E-state index is -0.420. The minimum Gasteiger partial charge on any atom is -0.511 e. The molecule has 0 saturated heterocycles. The molecule has 1 aromatic heterocycles. The zero-order valence-corrected chi connectivity index (χ0v) is 12.9. The van der Waals surface area contributed by atoms with Gasteiger partial charge in [-0.3, -0.25) is 14.6 Å². The van der Waals surface area contributed by atoms with Gasteiger partial charge in [-0.15, -0.1) is 0 Å². The lowest BCUT2D eigenvalue weighted by atomic mass is 9.76. The lowest BCUT2D eigenvalue weighted by molar-refractivity contribution is -0.117. The number of hydrazone groups is 1. The highest BCUT2D eigenvalue weighted by atomic mass is 16.3. The second-order valence-electron chi connectivity index (χ2n) is 6.14. The maximum absolute atomic E-state index is 12.2. The van der Waals surface area contributed by atoms with E-state index in [4.69, 9.17) is 0 Å². The van der Waals surface area contributed by atoms with Crippen LogP contribution < -0.4 is 5.43 Å². The smallest absolute Gasteiger partial charge is 0.272 e. The van der Waals surface area contributed by atoms with E-state index in [0.29, 0.717) is 24.1 Å². The molecule has 1 aliphatic rings. The molecule has 2 N–H and O–H groups in total. The van der Waals surface area contributed by atoms with Crippen LogP contribution in [0.5, 0.6) is 0 Å². The van der Waals surface area contributed by atoms with Gasteiger partial charge in [0.15, 0.2) is 5.78 Å². The number of carbonyl (C=O) groups is 2. The molecule has 0 spiro atoms. The summed E-state index contributed by atoms with van der Waals surface area (Å²) >= 11 is 0. The van der Waals surface area contributed by atoms with Gasteiger partial charge in [-0.05, 0) is 24.5 Å². The first-order chi connectivity index (χ1) is 10.3. The third kappa shape index (κ3) is 3.58. The summed E-state index contributed by atoms with van der Waals surface area (Å²) in [5.41, 5.74) is 2.98. The molecule has 1 aliphatic carbocycles. The Morgan fingerprint density at radius 3 is 2.73 bits per heavy atom. The van der Waals surface area contributed by atoms with E-state index in [9.17, 15) is 14.7 Å². The van der Waals surface area contributed by atoms with Crippen LogP contribution in [-0.2, 0) is 4.79 Å². The summed E-state index contributed by atoms with van der Waals surface area (Å²) in [6, 6.07) is 3.25. The minimum absolute atomic E-state index is 0.0260. The van der Waals surface area contributed by atoms with Crippen molar-refractivity contribution < 1.29 is 14.7 Å². The first kappa shape index (κ1) is 15.9. The lowest BCUT2D eigenvalue weighted by Gasteiger charge is -2.29. The molecule has 116 valence electrons. The van der Waals surface area contributed by atoms with Crippen LogP contribution in [-0.4, -0.2) is 27.5 Å². The Kier molecular flexibility index (Phi) is 4.40. The molecule has 6 heteroatoms. The number of carbonyl (C=O) groups excluding carboxylic acids is 2. The van der Waals surface area contributed by atoms with Crippen LogP contribution in [0, 0.1) is 5.41 Å². The number of aliphatic hydroxyl groups excluding tert-OH is 1. The number of aliphatic hydroxyl groups is 1. The Labute approximate surface area is 129 Å². The summed E-state index contributed by atoms with van der Waals surface area (Å²) in [6.07, 6.45) is 3.75. The van der Waals surface area contributed by atoms with E-state index in [1.807, 2.05) is 13.8 Å². The molecule has 22 heavy (non-hydrogen) atoms. The van der Waals surface area contributed by atoms with Crippen molar-refractivity contribution in [1.29, 1.82) is 0 Å². The summed E-state index contributed by atoms with van der Waals surface area (Å²) in [6.45, 7) is 5.44. The standard InChI is InChI=1S/C16H19N3O3/c1-10(14-12(20)7-16(2,3)8-13(14)21)18-19-15(22)11-5-4-6-17-9-11/h4-6,9,20H,7-8H2,1-3H3,(H,19,22). The number of rotatable bonds is 3. The average Bonchev–Trinajstić information content (AvgIpc) is 2.43. The topological polar surface area (TPSA) is 91.7 Å². The Balaban J connectivity index is 2.16. The molecular formula is C16H19N3O3. The van der Waals surface area contributed by atoms with Gasteiger partial charge in [0.05, 0.1) is 16.8 Å². The molecule has 0 aliphatic heterocycles. The molecule has 2 rings (SSSR count). The van der Waals surface area contributed by atoms with Gasteiger partial charge >= 0.3 is 0 Å². The number of nitrogens with one attached hydrogen (secondary N) is 1. The van der Waals surface area contributed by atoms with E-state index in [0.717, 1.165) is 0 Å². The van der Waals surface area contributed by atoms with Crippen LogP contribution in [0.25, 0.3) is 0 Å². The van der Waals surface area contributed by atoms with Crippen LogP contribution in [0.2, 0.25) is 0 Å². The van der Waals surface area contributed by atoms with Gasteiger partial charge in [0, 0.05) is 25.2 Å². The zero-order chi connectivity index (χ0) is 16.3. The molecule has 0 fully saturated rings. The van der Waals surface area contributed by atoms with Crippen molar-refractivity contribution in [2.45, 2.75) is 33.6 Å². The highest BCUT2D eigenvalue weighted by Gasteiger charge is 2.34. The summed E-state index contributed by atoms with van der Waals surface area (Å²) in [5.74, 6) is -0.556. The molecule has 0 atom stereocenters. The molecule has 0 saturated carbocycles. The zero-order valence-electron chi connectivity index (χ0n) is 12.9. The largest absolute Gasteiger partial charge is 0.511 e. The number of nitrogens with zero attached hydrogens (tertiary/aromatic N) is 2. The van der Waals surface area contributed by atoms with Crippen LogP contribution in [0.4, 0.5) is 0 Å². The van der Waals surface area contributed by atoms with Crippen molar-refractivity contribution in [3.8, 4) is 0 Å². The normalized spacial score (nSPS) is 18.3. The molecule has 0 unspecified atom stereocenters. The van der Waals surface area contributed by atoms with Gasteiger partial charge in [-0.1, -0.05) is 13.8 Å². The number of ketones is 1. The number of pyridine rings is 1. The van der Waals surface area contributed by atoms with Crippen molar-refractivity contribution >= 4 is 17.4 Å². The second-order valence-corrected chi connectivity index (χ2v) is 6.14. The number of aromatic nitrogens is 1. The molecular weight excluding hydrogens is 282 g/mol. The fourth-order valence-corrected chi connectivity index (χ4v) is 2.45. The van der Waals surface area contributed by atoms with Gasteiger partial charge in [0.2, 0.25) is 0 Å². The highest BCUT2D eigenvalue weighted by Crippen LogP contribution is 2.35. The Morgan fingerprint density at radius 2 is 2.14 bits per heavy atom. The Hall–Kier alpha value is -2.50. The van der Waals surface area contributed by atoms with Crippen LogP contribution >= 0.6 is 0 Å². The number of hydrogen-bond donors (Lipinski definition) is 2. The molecule has 1 aromatic rings. The van der Waals surface area contributed by atoms with E-state index in [2.05, 4.69) is 15.5 Å². The van der Waals surface area contributed by atoms with Crippen molar-refractivity contribution in [3.05, 3.63) is 41.4 Å². The summed E-state index contributed by atoms with van der Waals surface area (Å²) < 4.78 is 0. The number of allylic oxidation sites excluding steroid dienone is 2. The van der Waals surface area contributed by atoms with Gasteiger partial charge in [-0.2, -0.15) is 5.10 Å². The predicted molar refractivity (Wildman–Crippen MR) is 82.5 cm³/mol. The number of hydrogen-bond acceptors (Lipinski definition) is 5. The molecule has 6 nitrogen and oxygen atoms in total. The summed E-state index contributed by atoms with van der Waals surface area (Å²) in [7, 11) is 0. The van der Waals surface area contributed by atoms with Gasteiger partial charge < -0.3 is 5.11 Å². The number of Topliss-reactive ketones (excluding diaryl/α,β-unsaturated/α-hetero) is 1. The quantitative estimate of drug-likeness (QED) is 0.662. The maximum atomic E-state index is 12.2. The number of amides is 1. The fourth-order valence-electron chi connectivity index (χ4n) is 2.45. The first-order valence-corrected chi connectivity index (χ1v) is 7.00. The summed E-state index contributed by atoms with van der Waals surface area (Å²) in [5, 5.41) is 14.0. The lowest BCUT2D eigenvalue weighted by Crippen LogP contribution is -2.29. The van der Waals surface area contributed by atoms with Gasteiger partial charge in [0.25, 0.3) is 5.91 Å². The van der Waals surface area contributed by atoms with Crippen molar-refractivity contribution in [1.82, 2.24) is 10.4 Å². The van der Waals surface area contributed by atoms with E-state index in [1.54, 1.807) is 25.3 Å². The van der Waals surface area contributed by atoms with E-state index < -0.39 is 5.91 Å². The average molecular weight is 301 g/mol. The highest BCUT2D eigenvalue weighted by molar-refractivity contribution is 6.22. The molecule has 1 amide bonds. The second kappa shape index (κ2) is 6.09. The molecule has 0 radical (unpaired) electrons. The van der Waals surface area contributed by atoms with E-state index >= 15 is 0 Å². The molecule has 0 bridgehead atoms. The fraction of sp³-hybridized carbons (Fsp3) is 0.375. The van der Waals surface area contributed by atoms with E-state index in [1.165, 1.54) is 6.20 Å². The van der Waals surface area contributed by atoms with Crippen LogP contribution in [0.15, 0.2) is 41.0 Å². The maximum Gasteiger partial charge on any atom is 0.272 e. The van der Waals surface area contributed by atoms with Gasteiger partial charge in [0.1, 0.15) is 5.76 Å². The monoisotopic (exact) mass is 301 g/mol. The van der Waals surface area contributed by atoms with Crippen molar-refractivity contribution in [2.75, 3.05) is 0 Å². The third-order valence-electron chi connectivity index (χ3n) is 3.46. The van der Waals surface area contributed by atoms with Crippen LogP contribution in [0.3, 0.4) is 0 Å². The first-order valence-electron chi connectivity index (χ1n) is 7.00. The molecule has 1 heterocycles.